The number of nitrogens with one attached hydrogen (secondary N) is 1. The minimum absolute atomic E-state index is 0.0146. The first-order valence-electron chi connectivity index (χ1n) is 8.19. The molecule has 6 nitrogen and oxygen atoms in total. The van der Waals surface area contributed by atoms with E-state index in [-0.39, 0.29) is 11.5 Å². The molecule has 2 aromatic carbocycles. The SMILES string of the molecule is COC(=O)c1ccc(NC(=O)c2ccc(-c3ccc(C(C)=O)cc3)o2)cc1. The van der Waals surface area contributed by atoms with E-state index >= 15 is 0 Å². The highest BCUT2D eigenvalue weighted by atomic mass is 16.5. The quantitative estimate of drug-likeness (QED) is 0.543. The van der Waals surface area contributed by atoms with Crippen molar-refractivity contribution in [3.63, 3.8) is 0 Å². The lowest BCUT2D eigenvalue weighted by molar-refractivity contribution is 0.0600. The van der Waals surface area contributed by atoms with Gasteiger partial charge in [-0.25, -0.2) is 4.79 Å². The Morgan fingerprint density at radius 2 is 1.48 bits per heavy atom. The Hall–Kier alpha value is -3.67. The van der Waals surface area contributed by atoms with Crippen molar-refractivity contribution in [3.05, 3.63) is 77.6 Å². The molecule has 27 heavy (non-hydrogen) atoms. The molecule has 0 spiro atoms. The van der Waals surface area contributed by atoms with Crippen molar-refractivity contribution in [1.29, 1.82) is 0 Å². The predicted molar refractivity (Wildman–Crippen MR) is 99.9 cm³/mol. The summed E-state index contributed by atoms with van der Waals surface area (Å²) in [5.41, 5.74) is 2.29. The fourth-order valence-electron chi connectivity index (χ4n) is 2.48. The standard InChI is InChI=1S/C21H17NO5/c1-13(23)14-3-5-15(6-4-14)18-11-12-19(27-18)20(24)22-17-9-7-16(8-10-17)21(25)26-2/h3-12H,1-2H3,(H,22,24). The van der Waals surface area contributed by atoms with E-state index in [0.717, 1.165) is 5.56 Å². The van der Waals surface area contributed by atoms with E-state index in [1.54, 1.807) is 60.7 Å². The number of methoxy groups -OCH3 is 1. The zero-order valence-corrected chi connectivity index (χ0v) is 14.8. The molecule has 3 aromatic rings. The summed E-state index contributed by atoms with van der Waals surface area (Å²) < 4.78 is 10.2. The number of anilines is 1. The molecule has 0 unspecified atom stereocenters. The summed E-state index contributed by atoms with van der Waals surface area (Å²) in [6, 6.07) is 16.6. The van der Waals surface area contributed by atoms with Gasteiger partial charge in [0.15, 0.2) is 11.5 Å². The maximum absolute atomic E-state index is 12.3. The van der Waals surface area contributed by atoms with Gasteiger partial charge in [-0.3, -0.25) is 9.59 Å². The Morgan fingerprint density at radius 3 is 2.07 bits per heavy atom. The Bertz CT molecular complexity index is 984. The molecule has 0 aliphatic rings. The number of ether oxygens (including phenoxy) is 1. The van der Waals surface area contributed by atoms with Crippen LogP contribution in [0.5, 0.6) is 0 Å². The molecule has 1 aromatic heterocycles. The molecule has 0 aliphatic heterocycles. The summed E-state index contributed by atoms with van der Waals surface area (Å²) >= 11 is 0. The number of Topliss-reactive ketones (excluding diaryl/α,β-unsaturated/α-hetero) is 1. The fraction of sp³-hybridized carbons (Fsp3) is 0.0952. The van der Waals surface area contributed by atoms with E-state index in [0.29, 0.717) is 22.6 Å². The summed E-state index contributed by atoms with van der Waals surface area (Å²) in [5.74, 6) is -0.194. The normalized spacial score (nSPS) is 10.3. The van der Waals surface area contributed by atoms with Gasteiger partial charge >= 0.3 is 5.97 Å². The minimum atomic E-state index is -0.445. The molecule has 0 radical (unpaired) electrons. The first-order valence-corrected chi connectivity index (χ1v) is 8.19. The second-order valence-corrected chi connectivity index (χ2v) is 5.82. The second-order valence-electron chi connectivity index (χ2n) is 5.82. The summed E-state index contributed by atoms with van der Waals surface area (Å²) in [6.45, 7) is 1.50. The fourth-order valence-corrected chi connectivity index (χ4v) is 2.48. The number of ketones is 1. The third-order valence-corrected chi connectivity index (χ3v) is 3.97. The van der Waals surface area contributed by atoms with Crippen LogP contribution in [0.15, 0.2) is 65.1 Å². The number of hydrogen-bond acceptors (Lipinski definition) is 5. The predicted octanol–water partition coefficient (Wildman–Crippen LogP) is 4.19. The molecule has 3 rings (SSSR count). The number of furan rings is 1. The highest BCUT2D eigenvalue weighted by Crippen LogP contribution is 2.23. The van der Waals surface area contributed by atoms with E-state index in [2.05, 4.69) is 10.1 Å². The van der Waals surface area contributed by atoms with Crippen LogP contribution in [-0.2, 0) is 4.74 Å². The lowest BCUT2D eigenvalue weighted by atomic mass is 10.1. The van der Waals surface area contributed by atoms with Crippen LogP contribution < -0.4 is 5.32 Å². The highest BCUT2D eigenvalue weighted by Gasteiger charge is 2.13. The van der Waals surface area contributed by atoms with E-state index in [1.165, 1.54) is 14.0 Å². The third kappa shape index (κ3) is 4.12. The maximum Gasteiger partial charge on any atom is 0.337 e. The first-order chi connectivity index (χ1) is 13.0. The van der Waals surface area contributed by atoms with E-state index in [4.69, 9.17) is 4.42 Å². The molecule has 0 atom stereocenters. The van der Waals surface area contributed by atoms with Crippen molar-refractivity contribution in [2.75, 3.05) is 12.4 Å². The Morgan fingerprint density at radius 1 is 0.852 bits per heavy atom. The van der Waals surface area contributed by atoms with Crippen molar-refractivity contribution in [2.45, 2.75) is 6.92 Å². The average Bonchev–Trinajstić information content (AvgIpc) is 3.18. The van der Waals surface area contributed by atoms with Gasteiger partial charge in [0.05, 0.1) is 12.7 Å². The van der Waals surface area contributed by atoms with Gasteiger partial charge in [-0.2, -0.15) is 0 Å². The monoisotopic (exact) mass is 363 g/mol. The van der Waals surface area contributed by atoms with Crippen molar-refractivity contribution in [3.8, 4) is 11.3 Å². The molecule has 0 saturated carbocycles. The molecular weight excluding hydrogens is 346 g/mol. The van der Waals surface area contributed by atoms with Crippen LogP contribution >= 0.6 is 0 Å². The van der Waals surface area contributed by atoms with Gasteiger partial charge in [0.1, 0.15) is 5.76 Å². The number of carbonyl (C=O) groups excluding carboxylic acids is 3. The molecule has 0 fully saturated rings. The molecular formula is C21H17NO5. The van der Waals surface area contributed by atoms with Crippen molar-refractivity contribution >= 4 is 23.3 Å². The molecule has 1 N–H and O–H groups in total. The van der Waals surface area contributed by atoms with Crippen LogP contribution in [0.1, 0.15) is 38.2 Å². The Balaban J connectivity index is 1.71. The van der Waals surface area contributed by atoms with Gasteiger partial charge in [-0.05, 0) is 43.3 Å². The number of hydrogen-bond donors (Lipinski definition) is 1. The lowest BCUT2D eigenvalue weighted by Crippen LogP contribution is -2.11. The van der Waals surface area contributed by atoms with Crippen LogP contribution in [0.25, 0.3) is 11.3 Å². The number of carbonyl (C=O) groups is 3. The Kier molecular flexibility index (Phi) is 5.17. The summed E-state index contributed by atoms with van der Waals surface area (Å²) in [7, 11) is 1.31. The van der Waals surface area contributed by atoms with E-state index in [1.807, 2.05) is 0 Å². The zero-order valence-electron chi connectivity index (χ0n) is 14.8. The van der Waals surface area contributed by atoms with Crippen LogP contribution in [0, 0.1) is 0 Å². The van der Waals surface area contributed by atoms with Gasteiger partial charge in [0.2, 0.25) is 0 Å². The highest BCUT2D eigenvalue weighted by molar-refractivity contribution is 6.03. The third-order valence-electron chi connectivity index (χ3n) is 3.97. The number of benzene rings is 2. The molecule has 1 amide bonds. The van der Waals surface area contributed by atoms with Gasteiger partial charge in [-0.15, -0.1) is 0 Å². The minimum Gasteiger partial charge on any atom is -0.465 e. The molecule has 0 aliphatic carbocycles. The maximum atomic E-state index is 12.3. The summed E-state index contributed by atoms with van der Waals surface area (Å²) in [5, 5.41) is 2.70. The zero-order chi connectivity index (χ0) is 19.4. The van der Waals surface area contributed by atoms with Crippen LogP contribution in [0.4, 0.5) is 5.69 Å². The second kappa shape index (κ2) is 7.70. The van der Waals surface area contributed by atoms with Crippen molar-refractivity contribution in [2.24, 2.45) is 0 Å². The lowest BCUT2D eigenvalue weighted by Gasteiger charge is -2.04. The molecule has 0 bridgehead atoms. The van der Waals surface area contributed by atoms with E-state index in [9.17, 15) is 14.4 Å². The topological polar surface area (TPSA) is 85.6 Å². The van der Waals surface area contributed by atoms with Crippen LogP contribution in [0.2, 0.25) is 0 Å². The van der Waals surface area contributed by atoms with Gasteiger partial charge in [0.25, 0.3) is 5.91 Å². The smallest absolute Gasteiger partial charge is 0.337 e. The van der Waals surface area contributed by atoms with Crippen LogP contribution in [-0.4, -0.2) is 24.8 Å². The largest absolute Gasteiger partial charge is 0.465 e. The Labute approximate surface area is 155 Å². The molecule has 0 saturated heterocycles. The molecule has 136 valence electrons. The van der Waals surface area contributed by atoms with Crippen molar-refractivity contribution in [1.82, 2.24) is 0 Å². The number of amides is 1. The van der Waals surface area contributed by atoms with Crippen LogP contribution in [0.3, 0.4) is 0 Å². The number of rotatable bonds is 5. The van der Waals surface area contributed by atoms with E-state index < -0.39 is 11.9 Å². The first kappa shape index (κ1) is 18.1. The van der Waals surface area contributed by atoms with Crippen molar-refractivity contribution < 1.29 is 23.5 Å². The summed E-state index contributed by atoms with van der Waals surface area (Å²) in [6.07, 6.45) is 0. The van der Waals surface area contributed by atoms with Gasteiger partial charge in [0, 0.05) is 16.8 Å². The van der Waals surface area contributed by atoms with Gasteiger partial charge in [-0.1, -0.05) is 24.3 Å². The van der Waals surface area contributed by atoms with Gasteiger partial charge < -0.3 is 14.5 Å². The molecule has 1 heterocycles. The average molecular weight is 363 g/mol. The summed E-state index contributed by atoms with van der Waals surface area (Å²) in [4.78, 5) is 35.1. The number of esters is 1. The molecule has 6 heteroatoms.